The molecule has 2 atom stereocenters. The van der Waals surface area contributed by atoms with E-state index in [4.69, 9.17) is 12.6 Å². The molecule has 16 rings (SSSR count). The van der Waals surface area contributed by atoms with E-state index >= 15 is 0 Å². The first kappa shape index (κ1) is 51.5. The zero-order chi connectivity index (χ0) is 47.4. The highest BCUT2D eigenvalue weighted by molar-refractivity contribution is 8.01. The third kappa shape index (κ3) is 11.3. The second-order valence-electron chi connectivity index (χ2n) is 24.1. The fourth-order valence-electron chi connectivity index (χ4n) is 16.3. The number of nitrogens with zero attached hydrogens (tertiary/aromatic N) is 4. The van der Waals surface area contributed by atoms with Crippen LogP contribution in [0.2, 0.25) is 0 Å². The molecular weight excluding hydrogens is 984 g/mol. The van der Waals surface area contributed by atoms with Gasteiger partial charge >= 0.3 is 0 Å². The Hall–Kier alpha value is -1.56. The zero-order valence-corrected chi connectivity index (χ0v) is 47.9. The van der Waals surface area contributed by atoms with Crippen molar-refractivity contribution in [3.63, 3.8) is 0 Å². The number of likely N-dealkylation sites (tertiary alicyclic amines) is 2. The molecule has 4 heterocycles. The van der Waals surface area contributed by atoms with Gasteiger partial charge in [-0.1, -0.05) is 60.6 Å². The van der Waals surface area contributed by atoms with Crippen LogP contribution in [0.5, 0.6) is 0 Å². The van der Waals surface area contributed by atoms with Crippen LogP contribution in [0, 0.1) is 35.5 Å². The van der Waals surface area contributed by atoms with Crippen molar-refractivity contribution >= 4 is 94.8 Å². The van der Waals surface area contributed by atoms with Crippen LogP contribution in [0.1, 0.15) is 128 Å². The molecule has 10 heteroatoms. The monoisotopic (exact) mass is 1060 g/mol. The van der Waals surface area contributed by atoms with Crippen molar-refractivity contribution in [3.05, 3.63) is 84.9 Å². The van der Waals surface area contributed by atoms with Crippen LogP contribution < -0.4 is 9.80 Å². The molecule has 0 aromatic heterocycles. The van der Waals surface area contributed by atoms with E-state index in [1.54, 1.807) is 19.3 Å². The molecule has 0 radical (unpaired) electrons. The summed E-state index contributed by atoms with van der Waals surface area (Å²) in [7, 11) is 4.63. The summed E-state index contributed by atoms with van der Waals surface area (Å²) in [6.07, 6.45) is 30.8. The van der Waals surface area contributed by atoms with Crippen molar-refractivity contribution in [1.82, 2.24) is 9.80 Å². The third-order valence-corrected chi connectivity index (χ3v) is 23.9. The number of thioether (sulfide) groups is 2. The molecular formula is C61H81ClN4S5. The third-order valence-electron chi connectivity index (χ3n) is 19.0. The summed E-state index contributed by atoms with van der Waals surface area (Å²) in [4.78, 5) is 18.9. The SMILES string of the molecule is CN1CCCCC1CCN1c2ccccc2Sc2ccc(SC34CC5CC(CC(C5)C3)C4)cc21.CSc1ccc2c(c1)N(CCC1CCCCN1C)c1ccccc1S2.Cl.SC12CC3CC(CC(C3)C1)C2. The average molecular weight is 1070 g/mol. The molecule has 0 N–H and O–H groups in total. The van der Waals surface area contributed by atoms with Crippen LogP contribution in [-0.4, -0.2) is 77.9 Å². The lowest BCUT2D eigenvalue weighted by atomic mass is 9.56. The summed E-state index contributed by atoms with van der Waals surface area (Å²) < 4.78 is 1.02. The van der Waals surface area contributed by atoms with E-state index in [0.29, 0.717) is 9.49 Å². The zero-order valence-electron chi connectivity index (χ0n) is 42.9. The molecule has 4 aromatic rings. The van der Waals surface area contributed by atoms with Crippen LogP contribution in [0.4, 0.5) is 22.7 Å². The van der Waals surface area contributed by atoms with E-state index in [9.17, 15) is 0 Å². The first-order valence-corrected chi connectivity index (χ1v) is 32.0. The number of anilines is 4. The van der Waals surface area contributed by atoms with Gasteiger partial charge in [0.2, 0.25) is 0 Å². The van der Waals surface area contributed by atoms with Crippen molar-refractivity contribution in [2.24, 2.45) is 35.5 Å². The van der Waals surface area contributed by atoms with Crippen molar-refractivity contribution in [1.29, 1.82) is 0 Å². The summed E-state index contributed by atoms with van der Waals surface area (Å²) in [6, 6.07) is 33.7. The number of piperidine rings is 2. The number of rotatable bonds is 9. The molecule has 0 spiro atoms. The average Bonchev–Trinajstić information content (AvgIpc) is 3.34. The van der Waals surface area contributed by atoms with Gasteiger partial charge in [-0.25, -0.2) is 0 Å². The van der Waals surface area contributed by atoms with Gasteiger partial charge in [0, 0.05) is 64.0 Å². The second-order valence-corrected chi connectivity index (χ2v) is 29.6. The van der Waals surface area contributed by atoms with Gasteiger partial charge in [0.15, 0.2) is 0 Å². The molecule has 71 heavy (non-hydrogen) atoms. The van der Waals surface area contributed by atoms with Gasteiger partial charge in [-0.15, -0.1) is 35.9 Å². The Labute approximate surface area is 457 Å². The Kier molecular flexibility index (Phi) is 16.1. The standard InChI is InChI=1S/C30H38N2S2.C21H26N2S2.C10H16S.ClH/c1-31-12-5-4-6-24(31)11-13-32-26-7-2-3-8-28(26)33-29-10-9-25(17-27(29)32)34-30-18-21-14-22(19-30)16-23(15-21)20-30;1-22-13-6-5-7-16(22)12-14-23-18-8-3-4-9-20(18)25-21-11-10-17(24-2)15-19(21)23;11-10-4-7-1-8(5-10)3-9(2-7)6-10;/h2-3,7-10,17,21-24H,4-6,11-16,18-20H2,1H3;3-4,8-11,15-16H,5-7,12-14H2,1-2H3;7-9,11H,1-6H2;1H. The number of halogens is 1. The van der Waals surface area contributed by atoms with E-state index in [1.165, 1.54) is 174 Å². The predicted molar refractivity (Wildman–Crippen MR) is 313 cm³/mol. The van der Waals surface area contributed by atoms with Crippen LogP contribution in [0.25, 0.3) is 0 Å². The predicted octanol–water partition coefficient (Wildman–Crippen LogP) is 17.4. The summed E-state index contributed by atoms with van der Waals surface area (Å²) in [5.41, 5.74) is 5.62. The van der Waals surface area contributed by atoms with E-state index in [-0.39, 0.29) is 12.4 Å². The lowest BCUT2D eigenvalue weighted by Crippen LogP contribution is -2.48. The van der Waals surface area contributed by atoms with Gasteiger partial charge in [-0.05, 0) is 245 Å². The molecule has 12 aliphatic rings. The van der Waals surface area contributed by atoms with E-state index in [2.05, 4.69) is 137 Å². The topological polar surface area (TPSA) is 13.0 Å². The van der Waals surface area contributed by atoms with Gasteiger partial charge in [-0.3, -0.25) is 0 Å². The van der Waals surface area contributed by atoms with Crippen LogP contribution in [0.3, 0.4) is 0 Å². The number of benzene rings is 4. The molecule has 4 aromatic carbocycles. The Balaban J connectivity index is 0.000000129. The van der Waals surface area contributed by atoms with E-state index < -0.39 is 0 Å². The first-order chi connectivity index (χ1) is 34.1. The maximum absolute atomic E-state index is 4.85. The number of hydrogen-bond donors (Lipinski definition) is 1. The molecule has 8 bridgehead atoms. The molecule has 2 saturated heterocycles. The molecule has 2 unspecified atom stereocenters. The Morgan fingerprint density at radius 2 is 0.930 bits per heavy atom. The highest BCUT2D eigenvalue weighted by Crippen LogP contribution is 2.63. The highest BCUT2D eigenvalue weighted by Gasteiger charge is 2.52. The fraction of sp³-hybridized carbons (Fsp3) is 0.607. The van der Waals surface area contributed by atoms with Gasteiger partial charge in [0.25, 0.3) is 0 Å². The fourth-order valence-corrected chi connectivity index (χ4v) is 21.5. The Morgan fingerprint density at radius 3 is 1.37 bits per heavy atom. The Morgan fingerprint density at radius 1 is 0.521 bits per heavy atom. The molecule has 10 fully saturated rings. The van der Waals surface area contributed by atoms with Crippen LogP contribution in [-0.2, 0) is 0 Å². The van der Waals surface area contributed by atoms with Crippen molar-refractivity contribution in [2.45, 2.75) is 179 Å². The van der Waals surface area contributed by atoms with Gasteiger partial charge in [0.1, 0.15) is 0 Å². The molecule has 4 aliphatic heterocycles. The van der Waals surface area contributed by atoms with Crippen LogP contribution >= 0.6 is 72.1 Å². The minimum Gasteiger partial charge on any atom is -0.340 e. The first-order valence-electron chi connectivity index (χ1n) is 27.9. The number of para-hydroxylation sites is 2. The number of hydrogen-bond acceptors (Lipinski definition) is 9. The van der Waals surface area contributed by atoms with E-state index in [0.717, 1.165) is 60.7 Å². The van der Waals surface area contributed by atoms with Gasteiger partial charge < -0.3 is 19.6 Å². The molecule has 8 saturated carbocycles. The van der Waals surface area contributed by atoms with Crippen LogP contribution in [0.15, 0.2) is 114 Å². The summed E-state index contributed by atoms with van der Waals surface area (Å²) in [6.45, 7) is 4.73. The minimum absolute atomic E-state index is 0. The number of thiol groups is 1. The molecule has 4 nitrogen and oxygen atoms in total. The van der Waals surface area contributed by atoms with E-state index in [1.807, 2.05) is 35.3 Å². The van der Waals surface area contributed by atoms with Gasteiger partial charge in [0.05, 0.1) is 22.7 Å². The quantitative estimate of drug-likeness (QED) is 0.130. The highest BCUT2D eigenvalue weighted by atomic mass is 35.5. The summed E-state index contributed by atoms with van der Waals surface area (Å²) in [5, 5.41) is 0. The Bertz CT molecular complexity index is 2410. The normalized spacial score (nSPS) is 32.8. The van der Waals surface area contributed by atoms with Crippen molar-refractivity contribution in [2.75, 3.05) is 56.3 Å². The number of fused-ring (bicyclic) bond motifs is 4. The smallest absolute Gasteiger partial charge is 0.0564 e. The summed E-state index contributed by atoms with van der Waals surface area (Å²) >= 11 is 12.8. The lowest BCUT2D eigenvalue weighted by molar-refractivity contribution is 0.0383. The second kappa shape index (κ2) is 22.2. The van der Waals surface area contributed by atoms with Crippen molar-refractivity contribution in [3.8, 4) is 0 Å². The lowest BCUT2D eigenvalue weighted by Gasteiger charge is -2.56. The van der Waals surface area contributed by atoms with Gasteiger partial charge in [-0.2, -0.15) is 12.6 Å². The largest absolute Gasteiger partial charge is 0.340 e. The molecule has 0 amide bonds. The minimum atomic E-state index is 0. The van der Waals surface area contributed by atoms with Crippen molar-refractivity contribution < 1.29 is 0 Å². The molecule has 8 aliphatic carbocycles. The molecule has 382 valence electrons. The maximum Gasteiger partial charge on any atom is 0.0564 e. The summed E-state index contributed by atoms with van der Waals surface area (Å²) in [5.74, 6) is 6.25. The maximum atomic E-state index is 4.85.